The summed E-state index contributed by atoms with van der Waals surface area (Å²) in [7, 11) is -1.62. The largest absolute Gasteiger partial charge is 0.319 e. The smallest absolute Gasteiger partial charge is 0.279 e. The maximum atomic E-state index is 13.0. The summed E-state index contributed by atoms with van der Waals surface area (Å²) in [5.41, 5.74) is 2.72. The second kappa shape index (κ2) is 10.3. The van der Waals surface area contributed by atoms with Crippen LogP contribution in [0.5, 0.6) is 0 Å². The molecule has 0 saturated carbocycles. The van der Waals surface area contributed by atoms with Crippen molar-refractivity contribution >= 4 is 37.5 Å². The quantitative estimate of drug-likeness (QED) is 0.499. The Morgan fingerprint density at radius 3 is 2.39 bits per heavy atom. The molecule has 1 aliphatic rings. The summed E-state index contributed by atoms with van der Waals surface area (Å²) in [6.45, 7) is 3.30. The van der Waals surface area contributed by atoms with Gasteiger partial charge in [0.1, 0.15) is 0 Å². The van der Waals surface area contributed by atoms with Crippen molar-refractivity contribution in [3.05, 3.63) is 58.4 Å². The van der Waals surface area contributed by atoms with Crippen molar-refractivity contribution in [3.63, 3.8) is 0 Å². The third-order valence-electron chi connectivity index (χ3n) is 6.19. The average molecular weight is 486 g/mol. The van der Waals surface area contributed by atoms with E-state index in [0.29, 0.717) is 23.5 Å². The number of aromatic nitrogens is 1. The third-order valence-corrected chi connectivity index (χ3v) is 9.20. The Labute approximate surface area is 199 Å². The zero-order chi connectivity index (χ0) is 23.4. The van der Waals surface area contributed by atoms with Crippen molar-refractivity contribution in [3.8, 4) is 0 Å². The van der Waals surface area contributed by atoms with Gasteiger partial charge in [-0.3, -0.25) is 4.79 Å². The number of unbranched alkanes of at least 4 members (excludes halogenated alkanes) is 1. The van der Waals surface area contributed by atoms with Crippen molar-refractivity contribution in [2.45, 2.75) is 56.8 Å². The zero-order valence-electron chi connectivity index (χ0n) is 19.3. The maximum absolute atomic E-state index is 13.0. The number of carbonyl (C=O) groups is 1. The van der Waals surface area contributed by atoms with E-state index in [0.717, 1.165) is 55.2 Å². The summed E-state index contributed by atoms with van der Waals surface area (Å²) in [4.78, 5) is 18.0. The number of hydrogen-bond acceptors (Lipinski definition) is 4. The average Bonchev–Trinajstić information content (AvgIpc) is 2.99. The van der Waals surface area contributed by atoms with Gasteiger partial charge in [0.2, 0.25) is 10.0 Å². The van der Waals surface area contributed by atoms with Crippen molar-refractivity contribution in [2.24, 2.45) is 12.0 Å². The Hall–Kier alpha value is -2.29. The van der Waals surface area contributed by atoms with E-state index in [2.05, 4.69) is 30.1 Å². The lowest BCUT2D eigenvalue weighted by Crippen LogP contribution is -2.31. The molecule has 3 aromatic rings. The number of sulfonamides is 1. The highest BCUT2D eigenvalue weighted by Crippen LogP contribution is 2.22. The number of rotatable bonds is 6. The minimum absolute atomic E-state index is 0.230. The van der Waals surface area contributed by atoms with Gasteiger partial charge in [0.15, 0.2) is 4.80 Å². The van der Waals surface area contributed by atoms with Crippen molar-refractivity contribution in [1.82, 2.24) is 8.87 Å². The Kier molecular flexibility index (Phi) is 7.46. The minimum atomic E-state index is -3.53. The predicted octanol–water partition coefficient (Wildman–Crippen LogP) is 4.89. The summed E-state index contributed by atoms with van der Waals surface area (Å²) in [6, 6.07) is 12.6. The molecule has 1 fully saturated rings. The summed E-state index contributed by atoms with van der Waals surface area (Å²) >= 11 is 1.50. The van der Waals surface area contributed by atoms with Gasteiger partial charge >= 0.3 is 0 Å². The van der Waals surface area contributed by atoms with Crippen LogP contribution in [-0.4, -0.2) is 36.3 Å². The minimum Gasteiger partial charge on any atom is -0.319 e. The molecule has 0 unspecified atom stereocenters. The van der Waals surface area contributed by atoms with Crippen LogP contribution in [-0.2, 0) is 23.5 Å². The van der Waals surface area contributed by atoms with E-state index in [1.54, 1.807) is 16.4 Å². The fourth-order valence-electron chi connectivity index (χ4n) is 4.17. The molecule has 0 spiro atoms. The molecule has 1 saturated heterocycles. The van der Waals surface area contributed by atoms with Gasteiger partial charge in [-0.15, -0.1) is 0 Å². The second-order valence-corrected chi connectivity index (χ2v) is 11.6. The molecule has 6 nitrogen and oxygen atoms in total. The Balaban J connectivity index is 1.57. The molecule has 0 atom stereocenters. The lowest BCUT2D eigenvalue weighted by atomic mass is 10.1. The fourth-order valence-corrected chi connectivity index (χ4v) is 6.77. The van der Waals surface area contributed by atoms with E-state index < -0.39 is 10.0 Å². The molecule has 0 radical (unpaired) electrons. The number of aryl methyl sites for hydroxylation is 2. The van der Waals surface area contributed by atoms with Gasteiger partial charge in [0, 0.05) is 25.7 Å². The van der Waals surface area contributed by atoms with Crippen LogP contribution in [0.2, 0.25) is 0 Å². The third kappa shape index (κ3) is 5.28. The van der Waals surface area contributed by atoms with Crippen LogP contribution < -0.4 is 4.80 Å². The first-order valence-corrected chi connectivity index (χ1v) is 13.9. The first-order chi connectivity index (χ1) is 15.9. The highest BCUT2D eigenvalue weighted by molar-refractivity contribution is 7.89. The fraction of sp³-hybridized carbons (Fsp3) is 0.440. The molecule has 2 heterocycles. The Morgan fingerprint density at radius 1 is 1.03 bits per heavy atom. The second-order valence-electron chi connectivity index (χ2n) is 8.61. The lowest BCUT2D eigenvalue weighted by Gasteiger charge is -2.19. The van der Waals surface area contributed by atoms with Gasteiger partial charge in [0.05, 0.1) is 15.1 Å². The highest BCUT2D eigenvalue weighted by Gasteiger charge is 2.25. The van der Waals surface area contributed by atoms with Gasteiger partial charge in [0.25, 0.3) is 5.91 Å². The number of hydrogen-bond donors (Lipinski definition) is 0. The zero-order valence-corrected chi connectivity index (χ0v) is 20.9. The van der Waals surface area contributed by atoms with Crippen LogP contribution in [0, 0.1) is 0 Å². The molecular formula is C25H31N3O3S2. The maximum Gasteiger partial charge on any atom is 0.279 e. The van der Waals surface area contributed by atoms with Gasteiger partial charge in [-0.2, -0.15) is 9.30 Å². The Morgan fingerprint density at radius 2 is 1.73 bits per heavy atom. The van der Waals surface area contributed by atoms with Crippen molar-refractivity contribution in [2.75, 3.05) is 13.1 Å². The highest BCUT2D eigenvalue weighted by atomic mass is 32.2. The van der Waals surface area contributed by atoms with Crippen LogP contribution in [0.25, 0.3) is 10.2 Å². The summed E-state index contributed by atoms with van der Waals surface area (Å²) in [6.07, 6.45) is 7.27. The van der Waals surface area contributed by atoms with Crippen LogP contribution in [0.4, 0.5) is 0 Å². The van der Waals surface area contributed by atoms with Gasteiger partial charge in [-0.25, -0.2) is 8.42 Å². The molecule has 1 aliphatic heterocycles. The number of fused-ring (bicyclic) bond motifs is 1. The van der Waals surface area contributed by atoms with Crippen LogP contribution in [0.1, 0.15) is 61.4 Å². The monoisotopic (exact) mass is 485 g/mol. The van der Waals surface area contributed by atoms with Crippen LogP contribution in [0.15, 0.2) is 52.4 Å². The lowest BCUT2D eigenvalue weighted by molar-refractivity contribution is 0.0998. The number of benzene rings is 2. The van der Waals surface area contributed by atoms with Crippen LogP contribution >= 0.6 is 11.3 Å². The van der Waals surface area contributed by atoms with E-state index in [-0.39, 0.29) is 10.8 Å². The molecule has 1 amide bonds. The first kappa shape index (κ1) is 23.9. The molecule has 176 valence electrons. The SMILES string of the molecule is CCCCc1ccc2c(c1)sc(=NC(=O)c1ccc(S(=O)(=O)N3CCCCCC3)cc1)n2C. The molecule has 4 rings (SSSR count). The molecule has 0 aliphatic carbocycles. The van der Waals surface area contributed by atoms with Crippen molar-refractivity contribution < 1.29 is 13.2 Å². The van der Waals surface area contributed by atoms with E-state index in [9.17, 15) is 13.2 Å². The van der Waals surface area contributed by atoms with E-state index in [4.69, 9.17) is 0 Å². The first-order valence-electron chi connectivity index (χ1n) is 11.7. The topological polar surface area (TPSA) is 71.7 Å². The molecule has 2 aromatic carbocycles. The van der Waals surface area contributed by atoms with E-state index in [1.807, 2.05) is 11.6 Å². The van der Waals surface area contributed by atoms with Gasteiger partial charge in [-0.05, 0) is 67.6 Å². The molecular weight excluding hydrogens is 454 g/mol. The van der Waals surface area contributed by atoms with Gasteiger partial charge in [-0.1, -0.05) is 43.6 Å². The van der Waals surface area contributed by atoms with E-state index >= 15 is 0 Å². The predicted molar refractivity (Wildman–Crippen MR) is 133 cm³/mol. The number of carbonyl (C=O) groups excluding carboxylic acids is 1. The molecule has 0 bridgehead atoms. The standard InChI is InChI=1S/C25H31N3O3S2/c1-3-4-9-19-10-15-22-23(18-19)32-25(27(22)2)26-24(29)20-11-13-21(14-12-20)33(30,31)28-16-7-5-6-8-17-28/h10-15,18H,3-9,16-17H2,1-2H3. The normalized spacial score (nSPS) is 16.2. The number of thiazole rings is 1. The summed E-state index contributed by atoms with van der Waals surface area (Å²) < 4.78 is 30.5. The molecule has 0 N–H and O–H groups in total. The number of amides is 1. The van der Waals surface area contributed by atoms with Crippen LogP contribution in [0.3, 0.4) is 0 Å². The molecule has 8 heteroatoms. The van der Waals surface area contributed by atoms with Crippen molar-refractivity contribution in [1.29, 1.82) is 0 Å². The molecule has 1 aromatic heterocycles. The van der Waals surface area contributed by atoms with Gasteiger partial charge < -0.3 is 4.57 Å². The van der Waals surface area contributed by atoms with E-state index in [1.165, 1.54) is 29.0 Å². The number of nitrogens with zero attached hydrogens (tertiary/aromatic N) is 3. The summed E-state index contributed by atoms with van der Waals surface area (Å²) in [5.74, 6) is -0.373. The molecule has 33 heavy (non-hydrogen) atoms. The Bertz CT molecular complexity index is 1300. The summed E-state index contributed by atoms with van der Waals surface area (Å²) in [5, 5.41) is 0.